The summed E-state index contributed by atoms with van der Waals surface area (Å²) in [6, 6.07) is 19.2. The number of carbonyl (C=O) groups is 3. The van der Waals surface area contributed by atoms with Crippen LogP contribution in [0, 0.1) is 20.8 Å². The zero-order valence-corrected chi connectivity index (χ0v) is 18.8. The van der Waals surface area contributed by atoms with Crippen molar-refractivity contribution in [2.75, 3.05) is 16.8 Å². The highest BCUT2D eigenvalue weighted by atomic mass is 16.4. The SMILES string of the molecule is Cc1ccc(/C=C/C(=O)N(CC(=O)Nc2ccc(C(=O)O)cc2)c2ccc(C)c(C)c2)cc1. The van der Waals surface area contributed by atoms with Crippen molar-refractivity contribution >= 4 is 35.2 Å². The number of carboxylic acid groups (broad SMARTS) is 1. The van der Waals surface area contributed by atoms with Gasteiger partial charge in [0.2, 0.25) is 5.91 Å². The summed E-state index contributed by atoms with van der Waals surface area (Å²) in [5.41, 5.74) is 5.31. The lowest BCUT2D eigenvalue weighted by Crippen LogP contribution is -2.37. The van der Waals surface area contributed by atoms with Gasteiger partial charge in [-0.2, -0.15) is 0 Å². The van der Waals surface area contributed by atoms with Gasteiger partial charge < -0.3 is 10.4 Å². The van der Waals surface area contributed by atoms with Gasteiger partial charge in [-0.1, -0.05) is 35.9 Å². The van der Waals surface area contributed by atoms with Crippen LogP contribution in [0.5, 0.6) is 0 Å². The molecule has 3 aromatic carbocycles. The third kappa shape index (κ3) is 6.40. The first-order valence-corrected chi connectivity index (χ1v) is 10.5. The van der Waals surface area contributed by atoms with Gasteiger partial charge in [0.25, 0.3) is 5.91 Å². The Labute approximate surface area is 193 Å². The molecule has 0 aliphatic carbocycles. The molecule has 0 aliphatic rings. The Hall–Kier alpha value is -4.19. The van der Waals surface area contributed by atoms with E-state index in [4.69, 9.17) is 5.11 Å². The molecule has 0 saturated heterocycles. The zero-order valence-electron chi connectivity index (χ0n) is 18.8. The highest BCUT2D eigenvalue weighted by Gasteiger charge is 2.18. The summed E-state index contributed by atoms with van der Waals surface area (Å²) in [5.74, 6) is -1.76. The Morgan fingerprint density at radius 1 is 0.879 bits per heavy atom. The number of aryl methyl sites for hydroxylation is 3. The van der Waals surface area contributed by atoms with E-state index in [1.54, 1.807) is 6.08 Å². The van der Waals surface area contributed by atoms with Crippen LogP contribution in [0.25, 0.3) is 6.08 Å². The standard InChI is InChI=1S/C27H26N2O4/c1-18-4-7-21(8-5-18)9-15-26(31)29(24-14-6-19(2)20(3)16-24)17-25(30)28-23-12-10-22(11-13-23)27(32)33/h4-16H,17H2,1-3H3,(H,28,30)(H,32,33)/b15-9+. The topological polar surface area (TPSA) is 86.7 Å². The molecule has 2 amide bonds. The van der Waals surface area contributed by atoms with Crippen molar-refractivity contribution < 1.29 is 19.5 Å². The maximum absolute atomic E-state index is 13.1. The van der Waals surface area contributed by atoms with Crippen LogP contribution in [-0.2, 0) is 9.59 Å². The molecular formula is C27H26N2O4. The molecule has 3 aromatic rings. The van der Waals surface area contributed by atoms with Gasteiger partial charge >= 0.3 is 5.97 Å². The molecule has 0 saturated carbocycles. The minimum absolute atomic E-state index is 0.126. The second kappa shape index (κ2) is 10.4. The first kappa shape index (κ1) is 23.5. The van der Waals surface area contributed by atoms with Crippen LogP contribution in [0.4, 0.5) is 11.4 Å². The highest BCUT2D eigenvalue weighted by Crippen LogP contribution is 2.20. The van der Waals surface area contributed by atoms with Gasteiger partial charge in [-0.05, 0) is 79.9 Å². The second-order valence-electron chi connectivity index (χ2n) is 7.87. The fourth-order valence-corrected chi connectivity index (χ4v) is 3.17. The fourth-order valence-electron chi connectivity index (χ4n) is 3.17. The number of amides is 2. The molecule has 2 N–H and O–H groups in total. The smallest absolute Gasteiger partial charge is 0.335 e. The quantitative estimate of drug-likeness (QED) is 0.505. The molecule has 6 heteroatoms. The molecule has 0 fully saturated rings. The van der Waals surface area contributed by atoms with E-state index < -0.39 is 11.9 Å². The summed E-state index contributed by atoms with van der Waals surface area (Å²) in [6.07, 6.45) is 3.17. The van der Waals surface area contributed by atoms with Crippen molar-refractivity contribution in [2.24, 2.45) is 0 Å². The summed E-state index contributed by atoms with van der Waals surface area (Å²) in [6.45, 7) is 5.73. The van der Waals surface area contributed by atoms with Crippen LogP contribution in [0.2, 0.25) is 0 Å². The van der Waals surface area contributed by atoms with Gasteiger partial charge in [-0.3, -0.25) is 14.5 Å². The average Bonchev–Trinajstić information content (AvgIpc) is 2.79. The number of carboxylic acids is 1. The molecule has 0 aromatic heterocycles. The van der Waals surface area contributed by atoms with Gasteiger partial charge in [0.05, 0.1) is 5.56 Å². The normalized spacial score (nSPS) is 10.8. The summed E-state index contributed by atoms with van der Waals surface area (Å²) in [5, 5.41) is 11.7. The van der Waals surface area contributed by atoms with E-state index in [1.807, 2.05) is 63.2 Å². The molecule has 0 bridgehead atoms. The minimum Gasteiger partial charge on any atom is -0.478 e. The van der Waals surface area contributed by atoms with E-state index in [2.05, 4.69) is 5.32 Å². The van der Waals surface area contributed by atoms with Crippen molar-refractivity contribution in [3.8, 4) is 0 Å². The number of aromatic carboxylic acids is 1. The van der Waals surface area contributed by atoms with E-state index in [9.17, 15) is 14.4 Å². The number of benzene rings is 3. The maximum Gasteiger partial charge on any atom is 0.335 e. The minimum atomic E-state index is -1.04. The lowest BCUT2D eigenvalue weighted by atomic mass is 10.1. The number of nitrogens with one attached hydrogen (secondary N) is 1. The fraction of sp³-hybridized carbons (Fsp3) is 0.148. The van der Waals surface area contributed by atoms with E-state index in [0.29, 0.717) is 11.4 Å². The summed E-state index contributed by atoms with van der Waals surface area (Å²) >= 11 is 0. The molecule has 0 aliphatic heterocycles. The van der Waals surface area contributed by atoms with Gasteiger partial charge in [0.1, 0.15) is 6.54 Å². The van der Waals surface area contributed by atoms with Crippen molar-refractivity contribution in [1.29, 1.82) is 0 Å². The number of hydrogen-bond donors (Lipinski definition) is 2. The van der Waals surface area contributed by atoms with Gasteiger partial charge in [0.15, 0.2) is 0 Å². The molecule has 33 heavy (non-hydrogen) atoms. The van der Waals surface area contributed by atoms with Crippen molar-refractivity contribution in [3.63, 3.8) is 0 Å². The number of hydrogen-bond acceptors (Lipinski definition) is 3. The van der Waals surface area contributed by atoms with E-state index in [-0.39, 0.29) is 18.0 Å². The lowest BCUT2D eigenvalue weighted by molar-refractivity contribution is -0.119. The summed E-state index contributed by atoms with van der Waals surface area (Å²) in [4.78, 5) is 38.2. The van der Waals surface area contributed by atoms with Gasteiger partial charge in [-0.15, -0.1) is 0 Å². The Balaban J connectivity index is 1.80. The molecule has 0 radical (unpaired) electrons. The Morgan fingerprint density at radius 2 is 1.55 bits per heavy atom. The van der Waals surface area contributed by atoms with Crippen LogP contribution >= 0.6 is 0 Å². The first-order valence-electron chi connectivity index (χ1n) is 10.5. The Kier molecular flexibility index (Phi) is 7.41. The Morgan fingerprint density at radius 3 is 2.15 bits per heavy atom. The van der Waals surface area contributed by atoms with E-state index in [0.717, 1.165) is 22.3 Å². The third-order valence-corrected chi connectivity index (χ3v) is 5.28. The largest absolute Gasteiger partial charge is 0.478 e. The van der Waals surface area contributed by atoms with Gasteiger partial charge in [-0.25, -0.2) is 4.79 Å². The lowest BCUT2D eigenvalue weighted by Gasteiger charge is -2.22. The van der Waals surface area contributed by atoms with Gasteiger partial charge in [0, 0.05) is 17.5 Å². The maximum atomic E-state index is 13.1. The number of nitrogens with zero attached hydrogens (tertiary/aromatic N) is 1. The summed E-state index contributed by atoms with van der Waals surface area (Å²) < 4.78 is 0. The molecule has 3 rings (SSSR count). The molecule has 6 nitrogen and oxygen atoms in total. The molecule has 168 valence electrons. The number of carbonyl (C=O) groups excluding carboxylic acids is 2. The van der Waals surface area contributed by atoms with E-state index >= 15 is 0 Å². The van der Waals surface area contributed by atoms with Crippen LogP contribution in [0.3, 0.4) is 0 Å². The van der Waals surface area contributed by atoms with Crippen LogP contribution < -0.4 is 10.2 Å². The van der Waals surface area contributed by atoms with Crippen LogP contribution in [0.15, 0.2) is 72.8 Å². The molecule has 0 unspecified atom stereocenters. The highest BCUT2D eigenvalue weighted by molar-refractivity contribution is 6.08. The van der Waals surface area contributed by atoms with Crippen molar-refractivity contribution in [1.82, 2.24) is 0 Å². The van der Waals surface area contributed by atoms with Crippen molar-refractivity contribution in [3.05, 3.63) is 101 Å². The molecule has 0 spiro atoms. The van der Waals surface area contributed by atoms with Crippen molar-refractivity contribution in [2.45, 2.75) is 20.8 Å². The average molecular weight is 443 g/mol. The number of anilines is 2. The monoisotopic (exact) mass is 442 g/mol. The van der Waals surface area contributed by atoms with E-state index in [1.165, 1.54) is 35.2 Å². The Bertz CT molecular complexity index is 1200. The first-order chi connectivity index (χ1) is 15.7. The molecule has 0 atom stereocenters. The van der Waals surface area contributed by atoms with Crippen LogP contribution in [0.1, 0.15) is 32.6 Å². The molecular weight excluding hydrogens is 416 g/mol. The predicted octanol–water partition coefficient (Wildman–Crippen LogP) is 5.00. The third-order valence-electron chi connectivity index (χ3n) is 5.28. The molecule has 0 heterocycles. The predicted molar refractivity (Wildman–Crippen MR) is 131 cm³/mol. The summed E-state index contributed by atoms with van der Waals surface area (Å²) in [7, 11) is 0. The zero-order chi connectivity index (χ0) is 24.0. The van der Waals surface area contributed by atoms with Crippen LogP contribution in [-0.4, -0.2) is 29.4 Å². The number of rotatable bonds is 7. The second-order valence-corrected chi connectivity index (χ2v) is 7.87.